The Morgan fingerprint density at radius 1 is 1.45 bits per heavy atom. The quantitative estimate of drug-likeness (QED) is 0.679. The van der Waals surface area contributed by atoms with Gasteiger partial charge >= 0.3 is 0 Å². The van der Waals surface area contributed by atoms with Crippen LogP contribution in [0.4, 0.5) is 5.69 Å². The number of methoxy groups -OCH3 is 1. The summed E-state index contributed by atoms with van der Waals surface area (Å²) < 4.78 is 7.19. The van der Waals surface area contributed by atoms with Crippen molar-refractivity contribution < 1.29 is 4.74 Å². The number of hydrogen-bond donors (Lipinski definition) is 0. The van der Waals surface area contributed by atoms with Crippen molar-refractivity contribution in [3.05, 3.63) is 40.2 Å². The molecule has 0 bridgehead atoms. The van der Waals surface area contributed by atoms with Crippen LogP contribution in [-0.4, -0.2) is 16.7 Å². The van der Waals surface area contributed by atoms with E-state index in [1.54, 1.807) is 24.5 Å². The number of rotatable bonds is 4. The summed E-state index contributed by atoms with van der Waals surface area (Å²) in [7, 11) is 1.62. The number of fused-ring (bicyclic) bond motifs is 1. The van der Waals surface area contributed by atoms with Crippen molar-refractivity contribution in [2.45, 2.75) is 13.7 Å². The molecular formula is C14H13N3O2S. The van der Waals surface area contributed by atoms with Gasteiger partial charge in [-0.05, 0) is 24.2 Å². The molecule has 0 radical (unpaired) electrons. The number of nitroso groups, excluding NO2 is 1. The summed E-state index contributed by atoms with van der Waals surface area (Å²) in [6, 6.07) is 7.51. The van der Waals surface area contributed by atoms with E-state index in [4.69, 9.17) is 4.74 Å². The minimum atomic E-state index is 0.351. The predicted octanol–water partition coefficient (Wildman–Crippen LogP) is 4.08. The predicted molar refractivity (Wildman–Crippen MR) is 80.2 cm³/mol. The van der Waals surface area contributed by atoms with Crippen molar-refractivity contribution in [1.82, 2.24) is 9.55 Å². The summed E-state index contributed by atoms with van der Waals surface area (Å²) in [6.07, 6.45) is 1.84. The van der Waals surface area contributed by atoms with Gasteiger partial charge in [0.1, 0.15) is 17.4 Å². The Kier molecular flexibility index (Phi) is 3.33. The molecule has 0 saturated heterocycles. The topological polar surface area (TPSA) is 56.5 Å². The van der Waals surface area contributed by atoms with Crippen molar-refractivity contribution in [2.75, 3.05) is 7.11 Å². The maximum Gasteiger partial charge on any atom is 0.140 e. The number of thiazole rings is 1. The molecule has 5 nitrogen and oxygen atoms in total. The van der Waals surface area contributed by atoms with Gasteiger partial charge in [-0.3, -0.25) is 0 Å². The maximum atomic E-state index is 11.0. The normalized spacial score (nSPS) is 11.1. The second-order valence-electron chi connectivity index (χ2n) is 4.46. The Balaban J connectivity index is 2.31. The standard InChI is InChI=1S/C14H13N3O2S/c1-9-7-15-14(20-9)12-6-10-4-3-5-11(16-18)13(10)17(12)8-19-2/h3-7H,8H2,1-2H3. The Bertz CT molecular complexity index is 776. The molecule has 20 heavy (non-hydrogen) atoms. The van der Waals surface area contributed by atoms with Crippen molar-refractivity contribution in [1.29, 1.82) is 0 Å². The van der Waals surface area contributed by atoms with E-state index < -0.39 is 0 Å². The Hall–Kier alpha value is -2.05. The first-order valence-corrected chi connectivity index (χ1v) is 6.93. The molecule has 3 aromatic rings. The summed E-state index contributed by atoms with van der Waals surface area (Å²) in [4.78, 5) is 16.6. The number of benzene rings is 1. The highest BCUT2D eigenvalue weighted by atomic mass is 32.1. The van der Waals surface area contributed by atoms with E-state index in [9.17, 15) is 4.91 Å². The average Bonchev–Trinajstić information content (AvgIpc) is 3.03. The summed E-state index contributed by atoms with van der Waals surface area (Å²) in [5, 5.41) is 4.98. The van der Waals surface area contributed by atoms with Crippen LogP contribution in [0.1, 0.15) is 4.88 Å². The smallest absolute Gasteiger partial charge is 0.140 e. The molecule has 6 heteroatoms. The van der Waals surface area contributed by atoms with E-state index in [2.05, 4.69) is 10.2 Å². The fraction of sp³-hybridized carbons (Fsp3) is 0.214. The summed E-state index contributed by atoms with van der Waals surface area (Å²) in [5.41, 5.74) is 2.14. The third-order valence-corrected chi connectivity index (χ3v) is 4.03. The first kappa shape index (κ1) is 13.0. The molecule has 0 spiro atoms. The SMILES string of the molecule is COCn1c(-c2ncc(C)s2)cc2cccc(N=O)c21. The highest BCUT2D eigenvalue weighted by molar-refractivity contribution is 7.14. The maximum absolute atomic E-state index is 11.0. The molecule has 102 valence electrons. The van der Waals surface area contributed by atoms with Crippen LogP contribution in [0.5, 0.6) is 0 Å². The lowest BCUT2D eigenvalue weighted by Gasteiger charge is -2.08. The monoisotopic (exact) mass is 287 g/mol. The minimum absolute atomic E-state index is 0.351. The molecular weight excluding hydrogens is 274 g/mol. The first-order chi connectivity index (χ1) is 9.74. The second kappa shape index (κ2) is 5.15. The van der Waals surface area contributed by atoms with E-state index in [1.807, 2.05) is 35.9 Å². The Morgan fingerprint density at radius 3 is 2.95 bits per heavy atom. The number of nitrogens with zero attached hydrogens (tertiary/aromatic N) is 3. The van der Waals surface area contributed by atoms with Gasteiger partial charge in [0, 0.05) is 23.6 Å². The van der Waals surface area contributed by atoms with Gasteiger partial charge < -0.3 is 9.30 Å². The van der Waals surface area contributed by atoms with Crippen LogP contribution in [-0.2, 0) is 11.5 Å². The van der Waals surface area contributed by atoms with Crippen molar-refractivity contribution >= 4 is 27.9 Å². The molecule has 0 amide bonds. The van der Waals surface area contributed by atoms with Crippen LogP contribution in [0.3, 0.4) is 0 Å². The van der Waals surface area contributed by atoms with Crippen LogP contribution in [0, 0.1) is 11.8 Å². The Morgan fingerprint density at radius 2 is 2.30 bits per heavy atom. The van der Waals surface area contributed by atoms with Gasteiger partial charge in [-0.15, -0.1) is 16.2 Å². The molecule has 1 aromatic carbocycles. The molecule has 3 rings (SSSR count). The zero-order valence-corrected chi connectivity index (χ0v) is 12.0. The summed E-state index contributed by atoms with van der Waals surface area (Å²) in [6.45, 7) is 2.37. The van der Waals surface area contributed by atoms with Crippen molar-refractivity contribution in [2.24, 2.45) is 5.18 Å². The van der Waals surface area contributed by atoms with E-state index in [0.717, 1.165) is 26.5 Å². The first-order valence-electron chi connectivity index (χ1n) is 6.12. The van der Waals surface area contributed by atoms with Gasteiger partial charge in [-0.2, -0.15) is 0 Å². The summed E-state index contributed by atoms with van der Waals surface area (Å²) >= 11 is 1.61. The van der Waals surface area contributed by atoms with Crippen LogP contribution < -0.4 is 0 Å². The molecule has 0 unspecified atom stereocenters. The third kappa shape index (κ3) is 2.03. The van der Waals surface area contributed by atoms with E-state index >= 15 is 0 Å². The number of ether oxygens (including phenoxy) is 1. The van der Waals surface area contributed by atoms with E-state index in [1.165, 1.54) is 0 Å². The molecule has 0 N–H and O–H groups in total. The molecule has 0 saturated carbocycles. The van der Waals surface area contributed by atoms with Gasteiger partial charge in [0.15, 0.2) is 0 Å². The molecule has 0 atom stereocenters. The lowest BCUT2D eigenvalue weighted by Crippen LogP contribution is -2.01. The minimum Gasteiger partial charge on any atom is -0.364 e. The molecule has 0 aliphatic carbocycles. The van der Waals surface area contributed by atoms with Gasteiger partial charge in [0.25, 0.3) is 0 Å². The largest absolute Gasteiger partial charge is 0.364 e. The number of para-hydroxylation sites is 1. The van der Waals surface area contributed by atoms with Gasteiger partial charge in [-0.1, -0.05) is 12.1 Å². The zero-order valence-electron chi connectivity index (χ0n) is 11.2. The van der Waals surface area contributed by atoms with E-state index in [-0.39, 0.29) is 0 Å². The fourth-order valence-electron chi connectivity index (χ4n) is 2.29. The van der Waals surface area contributed by atoms with Gasteiger partial charge in [0.05, 0.1) is 11.2 Å². The molecule has 2 aromatic heterocycles. The highest BCUT2D eigenvalue weighted by Gasteiger charge is 2.16. The second-order valence-corrected chi connectivity index (χ2v) is 5.69. The van der Waals surface area contributed by atoms with Crippen LogP contribution in [0.25, 0.3) is 21.6 Å². The van der Waals surface area contributed by atoms with E-state index in [0.29, 0.717) is 12.4 Å². The zero-order chi connectivity index (χ0) is 14.1. The third-order valence-electron chi connectivity index (χ3n) is 3.10. The number of aryl methyl sites for hydroxylation is 1. The van der Waals surface area contributed by atoms with Crippen molar-refractivity contribution in [3.63, 3.8) is 0 Å². The van der Waals surface area contributed by atoms with Gasteiger partial charge in [0.2, 0.25) is 0 Å². The average molecular weight is 287 g/mol. The lowest BCUT2D eigenvalue weighted by molar-refractivity contribution is 0.136. The molecule has 0 fully saturated rings. The fourth-order valence-corrected chi connectivity index (χ4v) is 3.08. The number of aromatic nitrogens is 2. The lowest BCUT2D eigenvalue weighted by atomic mass is 10.2. The molecule has 0 aliphatic heterocycles. The van der Waals surface area contributed by atoms with Crippen LogP contribution >= 0.6 is 11.3 Å². The van der Waals surface area contributed by atoms with Gasteiger partial charge in [-0.25, -0.2) is 4.98 Å². The summed E-state index contributed by atoms with van der Waals surface area (Å²) in [5.74, 6) is 0. The molecule has 2 heterocycles. The molecule has 0 aliphatic rings. The van der Waals surface area contributed by atoms with Crippen LogP contribution in [0.2, 0.25) is 0 Å². The number of hydrogen-bond acceptors (Lipinski definition) is 5. The van der Waals surface area contributed by atoms with Crippen molar-refractivity contribution in [3.8, 4) is 10.7 Å². The van der Waals surface area contributed by atoms with Crippen LogP contribution in [0.15, 0.2) is 35.6 Å². The Labute approximate surface area is 119 Å². The highest BCUT2D eigenvalue weighted by Crippen LogP contribution is 2.35.